The second kappa shape index (κ2) is 13.7. The number of carboxylic acid groups (broad SMARTS) is 1. The van der Waals surface area contributed by atoms with Crippen LogP contribution in [-0.2, 0) is 11.2 Å². The fourth-order valence-electron chi connectivity index (χ4n) is 5.37. The summed E-state index contributed by atoms with van der Waals surface area (Å²) in [5.41, 5.74) is 3.88. The van der Waals surface area contributed by atoms with Crippen LogP contribution in [0.15, 0.2) is 115 Å². The van der Waals surface area contributed by atoms with Crippen LogP contribution < -0.4 is 9.64 Å². The molecule has 1 N–H and O–H groups in total. The summed E-state index contributed by atoms with van der Waals surface area (Å²) in [6.45, 7) is 0.389. The zero-order chi connectivity index (χ0) is 31.1. The summed E-state index contributed by atoms with van der Waals surface area (Å²) >= 11 is 0. The molecule has 0 heterocycles. The van der Waals surface area contributed by atoms with Gasteiger partial charge in [0.1, 0.15) is 5.75 Å². The maximum absolute atomic E-state index is 14.1. The first kappa shape index (κ1) is 30.0. The summed E-state index contributed by atoms with van der Waals surface area (Å²) < 4.78 is 5.24. The Kier molecular flexibility index (Phi) is 9.35. The van der Waals surface area contributed by atoms with Gasteiger partial charge in [-0.15, -0.1) is 0 Å². The van der Waals surface area contributed by atoms with Crippen molar-refractivity contribution in [2.75, 3.05) is 32.1 Å². The summed E-state index contributed by atoms with van der Waals surface area (Å²) in [4.78, 5) is 42.8. The van der Waals surface area contributed by atoms with Crippen LogP contribution in [0.1, 0.15) is 32.7 Å². The van der Waals surface area contributed by atoms with Gasteiger partial charge >= 0.3 is 5.97 Å². The second-order valence-corrected chi connectivity index (χ2v) is 10.5. The summed E-state index contributed by atoms with van der Waals surface area (Å²) in [6, 6.07) is 35.8. The van der Waals surface area contributed by atoms with Crippen molar-refractivity contribution in [3.05, 3.63) is 132 Å². The summed E-state index contributed by atoms with van der Waals surface area (Å²) in [5, 5.41) is 11.4. The highest BCUT2D eigenvalue weighted by atomic mass is 16.5. The van der Waals surface area contributed by atoms with Gasteiger partial charge < -0.3 is 19.6 Å². The number of methoxy groups -OCH3 is 1. The minimum absolute atomic E-state index is 0.0586. The van der Waals surface area contributed by atoms with Crippen molar-refractivity contribution in [2.45, 2.75) is 12.8 Å². The minimum Gasteiger partial charge on any atom is -0.497 e. The zero-order valence-electron chi connectivity index (χ0n) is 24.8. The van der Waals surface area contributed by atoms with Crippen LogP contribution in [0.2, 0.25) is 0 Å². The van der Waals surface area contributed by atoms with Gasteiger partial charge in [-0.05, 0) is 58.8 Å². The van der Waals surface area contributed by atoms with E-state index in [1.807, 2.05) is 97.1 Å². The lowest BCUT2D eigenvalue weighted by Crippen LogP contribution is -2.35. The van der Waals surface area contributed by atoms with E-state index in [0.29, 0.717) is 35.2 Å². The molecular weight excluding hydrogens is 552 g/mol. The molecule has 222 valence electrons. The molecule has 0 aromatic heterocycles. The number of hydrogen-bond donors (Lipinski definition) is 1. The van der Waals surface area contributed by atoms with Gasteiger partial charge in [0.15, 0.2) is 0 Å². The molecule has 0 atom stereocenters. The molecule has 0 saturated carbocycles. The van der Waals surface area contributed by atoms with Gasteiger partial charge in [0, 0.05) is 36.7 Å². The van der Waals surface area contributed by atoms with Gasteiger partial charge in [0.25, 0.3) is 11.8 Å². The molecule has 5 aromatic carbocycles. The fourth-order valence-corrected chi connectivity index (χ4v) is 5.37. The molecule has 0 aliphatic heterocycles. The van der Waals surface area contributed by atoms with Crippen molar-refractivity contribution < 1.29 is 24.2 Å². The van der Waals surface area contributed by atoms with E-state index in [1.165, 1.54) is 0 Å². The lowest BCUT2D eigenvalue weighted by atomic mass is 9.93. The van der Waals surface area contributed by atoms with Crippen molar-refractivity contribution in [1.82, 2.24) is 4.90 Å². The molecule has 5 aromatic rings. The van der Waals surface area contributed by atoms with Crippen LogP contribution in [0.4, 0.5) is 5.69 Å². The molecule has 0 unspecified atom stereocenters. The third kappa shape index (κ3) is 6.63. The standard InChI is InChI=1S/C37H34N2O5/c1-38(34-17-9-11-27-10-3-4-12-29(27)34)36(42)32-15-7-5-13-30(32)31-14-6-8-16-33(31)37(43)39(25-23-35(40)41)24-22-26-18-20-28(44-2)21-19-26/h3-21H,22-25H2,1-2H3,(H,40,41). The number of carbonyl (C=O) groups is 3. The second-order valence-electron chi connectivity index (χ2n) is 10.5. The van der Waals surface area contributed by atoms with E-state index < -0.39 is 5.97 Å². The number of hydrogen-bond acceptors (Lipinski definition) is 4. The normalized spacial score (nSPS) is 10.8. The third-order valence-corrected chi connectivity index (χ3v) is 7.75. The molecule has 0 fully saturated rings. The predicted molar refractivity (Wildman–Crippen MR) is 173 cm³/mol. The SMILES string of the molecule is COc1ccc(CCN(CCC(=O)O)C(=O)c2ccccc2-c2ccccc2C(=O)N(C)c2cccc3ccccc23)cc1. The Morgan fingerprint density at radius 1 is 0.682 bits per heavy atom. The van der Waals surface area contributed by atoms with Crippen LogP contribution in [0.5, 0.6) is 5.75 Å². The highest BCUT2D eigenvalue weighted by molar-refractivity contribution is 6.14. The largest absolute Gasteiger partial charge is 0.497 e. The number of carboxylic acids is 1. The average molecular weight is 587 g/mol. The summed E-state index contributed by atoms with van der Waals surface area (Å²) in [7, 11) is 3.36. The van der Waals surface area contributed by atoms with Crippen LogP contribution >= 0.6 is 0 Å². The Morgan fingerprint density at radius 3 is 1.93 bits per heavy atom. The average Bonchev–Trinajstić information content (AvgIpc) is 3.07. The van der Waals surface area contributed by atoms with E-state index in [2.05, 4.69) is 0 Å². The van der Waals surface area contributed by atoms with Gasteiger partial charge in [0.05, 0.1) is 19.2 Å². The van der Waals surface area contributed by atoms with E-state index in [9.17, 15) is 19.5 Å². The van der Waals surface area contributed by atoms with Crippen LogP contribution in [-0.4, -0.2) is 55.0 Å². The molecule has 0 radical (unpaired) electrons. The molecule has 0 saturated heterocycles. The Labute approximate surface area is 256 Å². The molecule has 0 bridgehead atoms. The molecule has 2 amide bonds. The predicted octanol–water partition coefficient (Wildman–Crippen LogP) is 6.95. The van der Waals surface area contributed by atoms with E-state index in [4.69, 9.17) is 4.74 Å². The lowest BCUT2D eigenvalue weighted by Gasteiger charge is -2.25. The maximum atomic E-state index is 14.1. The number of ether oxygens (including phenoxy) is 1. The quantitative estimate of drug-likeness (QED) is 0.181. The monoisotopic (exact) mass is 586 g/mol. The fraction of sp³-hybridized carbons (Fsp3) is 0.162. The molecular formula is C37H34N2O5. The summed E-state index contributed by atoms with van der Waals surface area (Å²) in [6.07, 6.45) is 0.365. The van der Waals surface area contributed by atoms with E-state index >= 15 is 0 Å². The number of nitrogens with zero attached hydrogens (tertiary/aromatic N) is 2. The summed E-state index contributed by atoms with van der Waals surface area (Å²) in [5.74, 6) is -0.741. The lowest BCUT2D eigenvalue weighted by molar-refractivity contribution is -0.137. The molecule has 0 aliphatic rings. The first-order valence-corrected chi connectivity index (χ1v) is 14.5. The van der Waals surface area contributed by atoms with Gasteiger partial charge in [-0.25, -0.2) is 0 Å². The maximum Gasteiger partial charge on any atom is 0.305 e. The van der Waals surface area contributed by atoms with Crippen LogP contribution in [0.25, 0.3) is 21.9 Å². The highest BCUT2D eigenvalue weighted by Crippen LogP contribution is 2.32. The van der Waals surface area contributed by atoms with Gasteiger partial charge in [-0.1, -0.05) is 84.9 Å². The van der Waals surface area contributed by atoms with Crippen molar-refractivity contribution in [2.24, 2.45) is 0 Å². The number of rotatable bonds is 11. The molecule has 5 rings (SSSR count). The van der Waals surface area contributed by atoms with E-state index in [0.717, 1.165) is 27.8 Å². The van der Waals surface area contributed by atoms with Crippen molar-refractivity contribution in [1.29, 1.82) is 0 Å². The van der Waals surface area contributed by atoms with Crippen molar-refractivity contribution in [3.63, 3.8) is 0 Å². The van der Waals surface area contributed by atoms with Crippen LogP contribution in [0.3, 0.4) is 0 Å². The molecule has 7 heteroatoms. The zero-order valence-corrected chi connectivity index (χ0v) is 24.8. The number of amides is 2. The Hall–Kier alpha value is -5.43. The van der Waals surface area contributed by atoms with Gasteiger partial charge in [0.2, 0.25) is 0 Å². The number of benzene rings is 5. The number of anilines is 1. The molecule has 44 heavy (non-hydrogen) atoms. The first-order valence-electron chi connectivity index (χ1n) is 14.5. The molecule has 0 spiro atoms. The van der Waals surface area contributed by atoms with Crippen LogP contribution in [0, 0.1) is 0 Å². The molecule has 0 aliphatic carbocycles. The number of fused-ring (bicyclic) bond motifs is 1. The van der Waals surface area contributed by atoms with Gasteiger partial charge in [-0.3, -0.25) is 14.4 Å². The smallest absolute Gasteiger partial charge is 0.305 e. The third-order valence-electron chi connectivity index (χ3n) is 7.75. The Balaban J connectivity index is 1.47. The Morgan fingerprint density at radius 2 is 1.27 bits per heavy atom. The van der Waals surface area contributed by atoms with E-state index in [-0.39, 0.29) is 24.8 Å². The van der Waals surface area contributed by atoms with Crippen molar-refractivity contribution >= 4 is 34.2 Å². The Bertz CT molecular complexity index is 1790. The topological polar surface area (TPSA) is 87.1 Å². The highest BCUT2D eigenvalue weighted by Gasteiger charge is 2.24. The minimum atomic E-state index is -0.979. The first-order chi connectivity index (χ1) is 21.4. The molecule has 7 nitrogen and oxygen atoms in total. The number of aliphatic carboxylic acids is 1. The van der Waals surface area contributed by atoms with Gasteiger partial charge in [-0.2, -0.15) is 0 Å². The van der Waals surface area contributed by atoms with E-state index in [1.54, 1.807) is 42.2 Å². The number of carbonyl (C=O) groups excluding carboxylic acids is 2. The van der Waals surface area contributed by atoms with Crippen molar-refractivity contribution in [3.8, 4) is 16.9 Å².